The summed E-state index contributed by atoms with van der Waals surface area (Å²) in [6.45, 7) is 5.07. The van der Waals surface area contributed by atoms with Crippen molar-refractivity contribution in [3.05, 3.63) is 15.9 Å². The summed E-state index contributed by atoms with van der Waals surface area (Å²) in [5.41, 5.74) is 2.25. The number of aryl methyl sites for hydroxylation is 2. The molecule has 0 aromatic carbocycles. The first kappa shape index (κ1) is 16.2. The summed E-state index contributed by atoms with van der Waals surface area (Å²) in [4.78, 5) is 10.9. The fourth-order valence-corrected chi connectivity index (χ4v) is 2.34. The molecule has 0 bridgehead atoms. The van der Waals surface area contributed by atoms with Crippen molar-refractivity contribution >= 4 is 21.9 Å². The van der Waals surface area contributed by atoms with Crippen LogP contribution in [0, 0.1) is 13.8 Å². The molecule has 19 heavy (non-hydrogen) atoms. The van der Waals surface area contributed by atoms with Gasteiger partial charge in [-0.2, -0.15) is 5.10 Å². The molecule has 108 valence electrons. The van der Waals surface area contributed by atoms with Crippen molar-refractivity contribution in [2.24, 2.45) is 0 Å². The number of halogens is 1. The molecule has 0 saturated heterocycles. The van der Waals surface area contributed by atoms with Crippen LogP contribution in [0.2, 0.25) is 0 Å². The highest BCUT2D eigenvalue weighted by atomic mass is 79.9. The lowest BCUT2D eigenvalue weighted by atomic mass is 10.1. The zero-order valence-corrected chi connectivity index (χ0v) is 13.6. The molecule has 0 fully saturated rings. The van der Waals surface area contributed by atoms with Crippen molar-refractivity contribution in [1.82, 2.24) is 9.78 Å². The highest BCUT2D eigenvalue weighted by Gasteiger charge is 2.07. The average Bonchev–Trinajstić information content (AvgIpc) is 2.65. The standard InChI is InChI=1S/C14H23BrN2O2/c1-11-14(15)12(2)17(16-11)10-8-6-4-5-7-9-13(18)19-3/h4-10H2,1-3H3. The second kappa shape index (κ2) is 8.35. The Bertz CT molecular complexity index is 416. The predicted octanol–water partition coefficient (Wildman–Crippen LogP) is 3.78. The van der Waals surface area contributed by atoms with Crippen LogP contribution in [0.1, 0.15) is 49.9 Å². The number of hydrogen-bond donors (Lipinski definition) is 0. The van der Waals surface area contributed by atoms with Crippen LogP contribution in [-0.4, -0.2) is 22.9 Å². The van der Waals surface area contributed by atoms with Crippen LogP contribution in [0.3, 0.4) is 0 Å². The molecular weight excluding hydrogens is 308 g/mol. The third-order valence-electron chi connectivity index (χ3n) is 3.27. The first-order valence-corrected chi connectivity index (χ1v) is 7.62. The molecule has 5 heteroatoms. The van der Waals surface area contributed by atoms with Crippen LogP contribution in [0.25, 0.3) is 0 Å². The van der Waals surface area contributed by atoms with E-state index in [4.69, 9.17) is 0 Å². The van der Waals surface area contributed by atoms with Crippen molar-refractivity contribution < 1.29 is 9.53 Å². The number of nitrogens with zero attached hydrogens (tertiary/aromatic N) is 2. The van der Waals surface area contributed by atoms with Gasteiger partial charge in [0.05, 0.1) is 17.3 Å². The van der Waals surface area contributed by atoms with E-state index in [1.165, 1.54) is 19.2 Å². The van der Waals surface area contributed by atoms with Gasteiger partial charge < -0.3 is 4.74 Å². The van der Waals surface area contributed by atoms with E-state index in [2.05, 4.69) is 37.4 Å². The normalized spacial score (nSPS) is 10.7. The van der Waals surface area contributed by atoms with E-state index in [9.17, 15) is 4.79 Å². The minimum atomic E-state index is -0.104. The van der Waals surface area contributed by atoms with Crippen LogP contribution in [0.15, 0.2) is 4.47 Å². The van der Waals surface area contributed by atoms with Crippen molar-refractivity contribution in [3.63, 3.8) is 0 Å². The Labute approximate surface area is 123 Å². The van der Waals surface area contributed by atoms with Gasteiger partial charge in [0, 0.05) is 18.7 Å². The van der Waals surface area contributed by atoms with Gasteiger partial charge in [0.2, 0.25) is 0 Å². The van der Waals surface area contributed by atoms with Gasteiger partial charge in [0.25, 0.3) is 0 Å². The van der Waals surface area contributed by atoms with Gasteiger partial charge in [0.1, 0.15) is 0 Å². The third kappa shape index (κ3) is 5.35. The number of methoxy groups -OCH3 is 1. The Morgan fingerprint density at radius 3 is 2.42 bits per heavy atom. The van der Waals surface area contributed by atoms with Crippen molar-refractivity contribution in [1.29, 1.82) is 0 Å². The first-order chi connectivity index (χ1) is 9.06. The molecule has 0 N–H and O–H groups in total. The van der Waals surface area contributed by atoms with Crippen molar-refractivity contribution in [3.8, 4) is 0 Å². The van der Waals surface area contributed by atoms with E-state index in [0.29, 0.717) is 6.42 Å². The van der Waals surface area contributed by atoms with E-state index >= 15 is 0 Å². The summed E-state index contributed by atoms with van der Waals surface area (Å²) in [6, 6.07) is 0. The molecule has 0 aliphatic heterocycles. The van der Waals surface area contributed by atoms with Crippen LogP contribution >= 0.6 is 15.9 Å². The average molecular weight is 331 g/mol. The Kier molecular flexibility index (Phi) is 7.13. The second-order valence-electron chi connectivity index (χ2n) is 4.80. The van der Waals surface area contributed by atoms with Crippen molar-refractivity contribution in [2.45, 2.75) is 58.9 Å². The molecule has 1 aromatic rings. The summed E-state index contributed by atoms with van der Waals surface area (Å²) in [5.74, 6) is -0.104. The summed E-state index contributed by atoms with van der Waals surface area (Å²) in [6.07, 6.45) is 6.04. The molecule has 0 atom stereocenters. The lowest BCUT2D eigenvalue weighted by molar-refractivity contribution is -0.140. The molecule has 4 nitrogen and oxygen atoms in total. The monoisotopic (exact) mass is 330 g/mol. The fraction of sp³-hybridized carbons (Fsp3) is 0.714. The zero-order valence-electron chi connectivity index (χ0n) is 12.0. The molecule has 1 rings (SSSR count). The molecule has 0 saturated carbocycles. The van der Waals surface area contributed by atoms with Gasteiger partial charge >= 0.3 is 5.97 Å². The zero-order chi connectivity index (χ0) is 14.3. The van der Waals surface area contributed by atoms with Crippen LogP contribution < -0.4 is 0 Å². The summed E-state index contributed by atoms with van der Waals surface area (Å²) in [7, 11) is 1.44. The van der Waals surface area contributed by atoms with E-state index in [1.54, 1.807) is 0 Å². The van der Waals surface area contributed by atoms with Gasteiger partial charge in [-0.25, -0.2) is 0 Å². The number of aromatic nitrogens is 2. The fourth-order valence-electron chi connectivity index (χ4n) is 2.06. The number of carbonyl (C=O) groups excluding carboxylic acids is 1. The Morgan fingerprint density at radius 1 is 1.21 bits per heavy atom. The van der Waals surface area contributed by atoms with E-state index in [-0.39, 0.29) is 5.97 Å². The molecular formula is C14H23BrN2O2. The Hall–Kier alpha value is -0.840. The molecule has 1 heterocycles. The SMILES string of the molecule is COC(=O)CCCCCCCn1nc(C)c(Br)c1C. The smallest absolute Gasteiger partial charge is 0.305 e. The highest BCUT2D eigenvalue weighted by Crippen LogP contribution is 2.20. The van der Waals surface area contributed by atoms with Crippen LogP contribution in [0.5, 0.6) is 0 Å². The lowest BCUT2D eigenvalue weighted by Gasteiger charge is -2.04. The molecule has 0 aliphatic rings. The summed E-state index contributed by atoms with van der Waals surface area (Å²) >= 11 is 3.54. The van der Waals surface area contributed by atoms with Gasteiger partial charge in [-0.15, -0.1) is 0 Å². The number of unbranched alkanes of at least 4 members (excludes halogenated alkanes) is 4. The van der Waals surface area contributed by atoms with E-state index in [0.717, 1.165) is 42.4 Å². The summed E-state index contributed by atoms with van der Waals surface area (Å²) in [5, 5.41) is 4.49. The second-order valence-corrected chi connectivity index (χ2v) is 5.59. The Balaban J connectivity index is 2.11. The largest absolute Gasteiger partial charge is 0.469 e. The van der Waals surface area contributed by atoms with Crippen LogP contribution in [0.4, 0.5) is 0 Å². The maximum absolute atomic E-state index is 10.9. The number of carbonyl (C=O) groups is 1. The maximum atomic E-state index is 10.9. The van der Waals surface area contributed by atoms with Gasteiger partial charge in [0.15, 0.2) is 0 Å². The maximum Gasteiger partial charge on any atom is 0.305 e. The summed E-state index contributed by atoms with van der Waals surface area (Å²) < 4.78 is 7.79. The molecule has 0 spiro atoms. The number of rotatable bonds is 8. The number of hydrogen-bond acceptors (Lipinski definition) is 3. The van der Waals surface area contributed by atoms with E-state index < -0.39 is 0 Å². The number of esters is 1. The van der Waals surface area contributed by atoms with E-state index in [1.807, 2.05) is 6.92 Å². The van der Waals surface area contributed by atoms with Crippen LogP contribution in [-0.2, 0) is 16.1 Å². The topological polar surface area (TPSA) is 44.1 Å². The third-order valence-corrected chi connectivity index (χ3v) is 4.42. The molecule has 0 aliphatic carbocycles. The molecule has 1 aromatic heterocycles. The van der Waals surface area contributed by atoms with Gasteiger partial charge in [-0.05, 0) is 42.6 Å². The Morgan fingerprint density at radius 2 is 1.84 bits per heavy atom. The van der Waals surface area contributed by atoms with Gasteiger partial charge in [-0.1, -0.05) is 19.3 Å². The quantitative estimate of drug-likeness (QED) is 0.538. The van der Waals surface area contributed by atoms with Gasteiger partial charge in [-0.3, -0.25) is 9.48 Å². The minimum Gasteiger partial charge on any atom is -0.469 e. The molecule has 0 amide bonds. The lowest BCUT2D eigenvalue weighted by Crippen LogP contribution is -2.02. The molecule has 0 radical (unpaired) electrons. The first-order valence-electron chi connectivity index (χ1n) is 6.82. The number of ether oxygens (including phenoxy) is 1. The van der Waals surface area contributed by atoms with Crippen molar-refractivity contribution in [2.75, 3.05) is 7.11 Å². The predicted molar refractivity (Wildman–Crippen MR) is 79.1 cm³/mol. The minimum absolute atomic E-state index is 0.104. The highest BCUT2D eigenvalue weighted by molar-refractivity contribution is 9.10. The molecule has 0 unspecified atom stereocenters.